The molecule has 2 unspecified atom stereocenters. The summed E-state index contributed by atoms with van der Waals surface area (Å²) in [5.41, 5.74) is -1.42. The van der Waals surface area contributed by atoms with E-state index < -0.39 is 40.2 Å². The van der Waals surface area contributed by atoms with Gasteiger partial charge in [-0.1, -0.05) is 29.4 Å². The molecule has 4 bridgehead atoms. The second kappa shape index (κ2) is 11.2. The first-order valence-electron chi connectivity index (χ1n) is 16.5. The number of ether oxygens (including phenoxy) is 4. The molecule has 1 saturated heterocycles. The van der Waals surface area contributed by atoms with Crippen molar-refractivity contribution < 1.29 is 43.5 Å². The topological polar surface area (TPSA) is 129 Å². The van der Waals surface area contributed by atoms with Crippen LogP contribution in [0.3, 0.4) is 0 Å². The Hall–Kier alpha value is -3.69. The van der Waals surface area contributed by atoms with Crippen LogP contribution in [0.2, 0.25) is 0 Å². The zero-order chi connectivity index (χ0) is 34.3. The third-order valence-corrected chi connectivity index (χ3v) is 10.9. The van der Waals surface area contributed by atoms with Gasteiger partial charge < -0.3 is 29.2 Å². The zero-order valence-electron chi connectivity index (χ0n) is 28.6. The number of ketones is 2. The van der Waals surface area contributed by atoms with Crippen LogP contribution in [0, 0.1) is 11.8 Å². The van der Waals surface area contributed by atoms with E-state index in [1.54, 1.807) is 19.1 Å². The predicted molar refractivity (Wildman–Crippen MR) is 174 cm³/mol. The van der Waals surface area contributed by atoms with Crippen LogP contribution in [-0.4, -0.2) is 56.8 Å². The first-order valence-corrected chi connectivity index (χ1v) is 16.5. The van der Waals surface area contributed by atoms with Crippen LogP contribution < -0.4 is 9.47 Å². The summed E-state index contributed by atoms with van der Waals surface area (Å²) in [4.78, 5) is 40.2. The van der Waals surface area contributed by atoms with Crippen LogP contribution in [0.1, 0.15) is 103 Å². The third kappa shape index (κ3) is 4.75. The Morgan fingerprint density at radius 2 is 1.72 bits per heavy atom. The van der Waals surface area contributed by atoms with Crippen molar-refractivity contribution in [3.05, 3.63) is 63.5 Å². The molecule has 252 valence electrons. The molecule has 3 heterocycles. The van der Waals surface area contributed by atoms with Gasteiger partial charge in [-0.25, -0.2) is 0 Å². The van der Waals surface area contributed by atoms with E-state index in [9.17, 15) is 24.6 Å². The number of hydrogen-bond donors (Lipinski definition) is 2. The number of phenolic OH excluding ortho intramolecular Hbond substituents is 1. The van der Waals surface area contributed by atoms with E-state index in [4.69, 9.17) is 18.9 Å². The van der Waals surface area contributed by atoms with Crippen LogP contribution in [0.15, 0.2) is 46.8 Å². The van der Waals surface area contributed by atoms with Gasteiger partial charge >= 0.3 is 0 Å². The first-order chi connectivity index (χ1) is 22.0. The van der Waals surface area contributed by atoms with Gasteiger partial charge in [0.25, 0.3) is 6.47 Å². The highest BCUT2D eigenvalue weighted by molar-refractivity contribution is 6.18. The Morgan fingerprint density at radius 1 is 1.02 bits per heavy atom. The van der Waals surface area contributed by atoms with E-state index in [0.29, 0.717) is 60.4 Å². The van der Waals surface area contributed by atoms with Crippen molar-refractivity contribution in [2.24, 2.45) is 11.8 Å². The molecule has 0 radical (unpaired) electrons. The van der Waals surface area contributed by atoms with Gasteiger partial charge in [-0.05, 0) is 87.1 Å². The lowest BCUT2D eigenvalue weighted by molar-refractivity contribution is -0.171. The molecule has 9 nitrogen and oxygen atoms in total. The maximum absolute atomic E-state index is 14.8. The summed E-state index contributed by atoms with van der Waals surface area (Å²) >= 11 is 0. The number of hydrogen-bond acceptors (Lipinski definition) is 9. The number of Topliss-reactive ketones (excluding diaryl/α,β-unsaturated/α-hetero) is 2. The minimum Gasteiger partial charge on any atom is -0.507 e. The first kappa shape index (κ1) is 33.2. The van der Waals surface area contributed by atoms with Gasteiger partial charge in [0.15, 0.2) is 22.8 Å². The summed E-state index contributed by atoms with van der Waals surface area (Å²) in [6, 6.07) is 0. The number of allylic oxidation sites excluding steroid dienone is 6. The lowest BCUT2D eigenvalue weighted by atomic mass is 9.51. The molecule has 1 aromatic carbocycles. The molecule has 1 saturated carbocycles. The number of benzene rings is 1. The summed E-state index contributed by atoms with van der Waals surface area (Å²) < 4.78 is 25.7. The molecule has 7 rings (SSSR count). The molecule has 6 aliphatic rings. The molecule has 1 aromatic rings. The van der Waals surface area contributed by atoms with Crippen LogP contribution in [0.4, 0.5) is 0 Å². The second-order valence-electron chi connectivity index (χ2n) is 15.1. The van der Waals surface area contributed by atoms with E-state index in [0.717, 1.165) is 5.57 Å². The molecule has 3 aliphatic heterocycles. The fourth-order valence-corrected chi connectivity index (χ4v) is 8.54. The van der Waals surface area contributed by atoms with Crippen molar-refractivity contribution in [1.82, 2.24) is 0 Å². The molecule has 6 atom stereocenters. The molecular formula is C38H46O9. The van der Waals surface area contributed by atoms with Crippen molar-refractivity contribution >= 4 is 18.0 Å². The Bertz CT molecular complexity index is 1680. The highest BCUT2D eigenvalue weighted by Crippen LogP contribution is 2.68. The second-order valence-corrected chi connectivity index (χ2v) is 15.1. The monoisotopic (exact) mass is 646 g/mol. The maximum atomic E-state index is 14.8. The number of carbonyl (C=O) groups is 3. The lowest BCUT2D eigenvalue weighted by Crippen LogP contribution is -2.72. The van der Waals surface area contributed by atoms with Crippen molar-refractivity contribution in [3.8, 4) is 17.2 Å². The number of aliphatic hydroxyl groups is 1. The van der Waals surface area contributed by atoms with Gasteiger partial charge in [-0.2, -0.15) is 0 Å². The molecule has 9 heteroatoms. The summed E-state index contributed by atoms with van der Waals surface area (Å²) in [6.07, 6.45) is 8.65. The van der Waals surface area contributed by atoms with Crippen molar-refractivity contribution in [1.29, 1.82) is 0 Å². The van der Waals surface area contributed by atoms with Crippen LogP contribution in [-0.2, 0) is 31.9 Å². The summed E-state index contributed by atoms with van der Waals surface area (Å²) in [7, 11) is 0. The minimum atomic E-state index is -1.58. The number of phenols is 1. The van der Waals surface area contributed by atoms with Gasteiger partial charge in [0.05, 0.1) is 11.7 Å². The van der Waals surface area contributed by atoms with Gasteiger partial charge in [0, 0.05) is 41.4 Å². The molecule has 0 aromatic heterocycles. The van der Waals surface area contributed by atoms with Crippen LogP contribution >= 0.6 is 0 Å². The number of aromatic hydroxyl groups is 1. The largest absolute Gasteiger partial charge is 0.507 e. The zero-order valence-corrected chi connectivity index (χ0v) is 28.6. The number of rotatable bonds is 9. The van der Waals surface area contributed by atoms with Crippen LogP contribution in [0.25, 0.3) is 0 Å². The number of carbonyl (C=O) groups excluding carboxylic acids is 3. The van der Waals surface area contributed by atoms with Gasteiger partial charge in [0.1, 0.15) is 34.2 Å². The molecule has 2 fully saturated rings. The molecule has 0 amide bonds. The predicted octanol–water partition coefficient (Wildman–Crippen LogP) is 6.18. The van der Waals surface area contributed by atoms with Crippen LogP contribution in [0.5, 0.6) is 17.2 Å². The summed E-state index contributed by atoms with van der Waals surface area (Å²) in [5, 5.41) is 23.2. The smallest absolute Gasteiger partial charge is 0.298 e. The molecule has 3 aliphatic carbocycles. The van der Waals surface area contributed by atoms with Gasteiger partial charge in [0.2, 0.25) is 0 Å². The maximum Gasteiger partial charge on any atom is 0.298 e. The van der Waals surface area contributed by atoms with E-state index in [1.807, 2.05) is 54.5 Å². The lowest BCUT2D eigenvalue weighted by Gasteiger charge is -2.56. The average molecular weight is 647 g/mol. The SMILES string of the molecule is CC(C)=CCC[C@@]1(C)Oc2c(c(O)c3c(c2CC=C(C)C)O[C@]24C(=CC5CC2C(C)(C)O[C@]4(C/C=C(/C)OC=O)C5=O)C3=O)C[C@H]1O. The fourth-order valence-electron chi connectivity index (χ4n) is 8.54. The van der Waals surface area contributed by atoms with E-state index >= 15 is 0 Å². The molecule has 47 heavy (non-hydrogen) atoms. The Morgan fingerprint density at radius 3 is 2.38 bits per heavy atom. The highest BCUT2D eigenvalue weighted by Gasteiger charge is 2.81. The number of fused-ring (bicyclic) bond motifs is 2. The quantitative estimate of drug-likeness (QED) is 0.184. The van der Waals surface area contributed by atoms with Crippen molar-refractivity contribution in [2.75, 3.05) is 0 Å². The van der Waals surface area contributed by atoms with Crippen molar-refractivity contribution in [3.63, 3.8) is 0 Å². The minimum absolute atomic E-state index is 0.0186. The molecule has 1 spiro atoms. The Balaban J connectivity index is 1.58. The number of aliphatic hydroxyl groups excluding tert-OH is 1. The van der Waals surface area contributed by atoms with E-state index in [-0.39, 0.29) is 41.6 Å². The van der Waals surface area contributed by atoms with Gasteiger partial charge in [-0.15, -0.1) is 0 Å². The van der Waals surface area contributed by atoms with Crippen molar-refractivity contribution in [2.45, 2.75) is 122 Å². The average Bonchev–Trinajstić information content (AvgIpc) is 3.14. The molecular weight excluding hydrogens is 600 g/mol. The highest BCUT2D eigenvalue weighted by atomic mass is 16.6. The Labute approximate surface area is 276 Å². The summed E-state index contributed by atoms with van der Waals surface area (Å²) in [5.74, 6) is -0.958. The normalized spacial score (nSPS) is 32.7. The summed E-state index contributed by atoms with van der Waals surface area (Å²) in [6.45, 7) is 15.6. The van der Waals surface area contributed by atoms with Gasteiger partial charge in [-0.3, -0.25) is 14.4 Å². The molecule has 2 N–H and O–H groups in total. The van der Waals surface area contributed by atoms with E-state index in [1.165, 1.54) is 5.57 Å². The Kier molecular flexibility index (Phi) is 7.91. The third-order valence-electron chi connectivity index (χ3n) is 10.9. The van der Waals surface area contributed by atoms with E-state index in [2.05, 4.69) is 6.08 Å². The standard InChI is InChI=1S/C38H46O9/c1-20(2)10-9-14-36(8)28(40)18-25-30(41)29-31(42)26-16-23-17-27-35(6,7)47-37(34(23)43,15-13-22(5)44-19-39)38(26,27)46-33(29)24(32(25)45-36)12-11-21(3)4/h10-11,13,16,19,23,27-28,40-41H,9,12,14-15,17-18H2,1-8H3/b22-13-/t23?,27?,28-,36-,37-,38-/m1/s1. The fraction of sp³-hybridized carbons (Fsp3) is 0.553.